The Kier molecular flexibility index (Phi) is 5.64. The fraction of sp³-hybridized carbons (Fsp3) is 0.389. The molecule has 0 bridgehead atoms. The Hall–Kier alpha value is -2.14. The average Bonchev–Trinajstić information content (AvgIpc) is 3.08. The van der Waals surface area contributed by atoms with Gasteiger partial charge in [0, 0.05) is 23.8 Å². The van der Waals surface area contributed by atoms with E-state index in [9.17, 15) is 4.79 Å². The fourth-order valence-corrected chi connectivity index (χ4v) is 3.12. The van der Waals surface area contributed by atoms with Crippen molar-refractivity contribution in [1.29, 1.82) is 0 Å². The first-order chi connectivity index (χ1) is 11.7. The standard InChI is InChI=1S/C18H21ClN4O/c19-14-5-3-4-13(12-14)8-10-20-18-21-11-9-16(23-18)17(24)22-15-6-1-2-7-15/h3-5,9,11-12,15H,1-2,6-8,10H2,(H,22,24)(H,20,21,23). The number of rotatable bonds is 6. The molecule has 24 heavy (non-hydrogen) atoms. The van der Waals surface area contributed by atoms with Crippen molar-refractivity contribution in [3.05, 3.63) is 52.8 Å². The summed E-state index contributed by atoms with van der Waals surface area (Å²) in [7, 11) is 0. The summed E-state index contributed by atoms with van der Waals surface area (Å²) in [5.41, 5.74) is 1.55. The Balaban J connectivity index is 1.53. The summed E-state index contributed by atoms with van der Waals surface area (Å²) in [5.74, 6) is 0.346. The van der Waals surface area contributed by atoms with Crippen molar-refractivity contribution in [2.45, 2.75) is 38.1 Å². The molecule has 126 valence electrons. The Morgan fingerprint density at radius 1 is 1.25 bits per heavy atom. The third-order valence-corrected chi connectivity index (χ3v) is 4.40. The Labute approximate surface area is 146 Å². The SMILES string of the molecule is O=C(NC1CCCC1)c1ccnc(NCCc2cccc(Cl)c2)n1. The smallest absolute Gasteiger partial charge is 0.270 e. The number of carbonyl (C=O) groups is 1. The maximum atomic E-state index is 12.2. The van der Waals surface area contributed by atoms with Gasteiger partial charge < -0.3 is 10.6 Å². The molecule has 0 radical (unpaired) electrons. The zero-order valence-corrected chi connectivity index (χ0v) is 14.2. The molecule has 1 aliphatic rings. The van der Waals surface area contributed by atoms with Gasteiger partial charge in [0.1, 0.15) is 5.69 Å². The number of benzene rings is 1. The number of hydrogen-bond donors (Lipinski definition) is 2. The quantitative estimate of drug-likeness (QED) is 0.842. The van der Waals surface area contributed by atoms with E-state index in [1.807, 2.05) is 24.3 Å². The molecule has 3 rings (SSSR count). The van der Waals surface area contributed by atoms with Gasteiger partial charge in [-0.25, -0.2) is 9.97 Å². The van der Waals surface area contributed by atoms with E-state index in [1.54, 1.807) is 12.3 Å². The molecule has 0 spiro atoms. The van der Waals surface area contributed by atoms with E-state index in [4.69, 9.17) is 11.6 Å². The number of anilines is 1. The van der Waals surface area contributed by atoms with Crippen LogP contribution in [0.2, 0.25) is 5.02 Å². The largest absolute Gasteiger partial charge is 0.354 e. The number of nitrogens with zero attached hydrogens (tertiary/aromatic N) is 2. The van der Waals surface area contributed by atoms with Crippen molar-refractivity contribution < 1.29 is 4.79 Å². The minimum absolute atomic E-state index is 0.123. The maximum absolute atomic E-state index is 12.2. The van der Waals surface area contributed by atoms with Crippen molar-refractivity contribution in [2.24, 2.45) is 0 Å². The second-order valence-corrected chi connectivity index (χ2v) is 6.46. The topological polar surface area (TPSA) is 66.9 Å². The lowest BCUT2D eigenvalue weighted by molar-refractivity contribution is 0.0933. The number of amides is 1. The second-order valence-electron chi connectivity index (χ2n) is 6.03. The van der Waals surface area contributed by atoms with E-state index in [0.717, 1.165) is 29.8 Å². The Morgan fingerprint density at radius 3 is 2.88 bits per heavy atom. The lowest BCUT2D eigenvalue weighted by Gasteiger charge is -2.12. The molecular formula is C18H21ClN4O. The monoisotopic (exact) mass is 344 g/mol. The molecule has 1 amide bonds. The number of aromatic nitrogens is 2. The molecule has 1 heterocycles. The zero-order chi connectivity index (χ0) is 16.8. The molecule has 0 atom stereocenters. The van der Waals surface area contributed by atoms with Gasteiger partial charge >= 0.3 is 0 Å². The molecule has 5 nitrogen and oxygen atoms in total. The summed E-state index contributed by atoms with van der Waals surface area (Å²) in [6, 6.07) is 9.68. The average molecular weight is 345 g/mol. The first-order valence-corrected chi connectivity index (χ1v) is 8.71. The highest BCUT2D eigenvalue weighted by molar-refractivity contribution is 6.30. The van der Waals surface area contributed by atoms with Crippen LogP contribution in [0.5, 0.6) is 0 Å². The number of nitrogens with one attached hydrogen (secondary N) is 2. The normalized spacial score (nSPS) is 14.5. The summed E-state index contributed by atoms with van der Waals surface area (Å²) in [4.78, 5) is 20.7. The number of hydrogen-bond acceptors (Lipinski definition) is 4. The highest BCUT2D eigenvalue weighted by atomic mass is 35.5. The first kappa shape index (κ1) is 16.7. The lowest BCUT2D eigenvalue weighted by atomic mass is 10.1. The van der Waals surface area contributed by atoms with E-state index in [2.05, 4.69) is 20.6 Å². The van der Waals surface area contributed by atoms with Crippen molar-refractivity contribution in [3.63, 3.8) is 0 Å². The molecule has 0 saturated heterocycles. The van der Waals surface area contributed by atoms with Crippen LogP contribution in [0.3, 0.4) is 0 Å². The third-order valence-electron chi connectivity index (χ3n) is 4.16. The zero-order valence-electron chi connectivity index (χ0n) is 13.5. The summed E-state index contributed by atoms with van der Waals surface area (Å²) in [5, 5.41) is 6.93. The van der Waals surface area contributed by atoms with Crippen LogP contribution in [0.25, 0.3) is 0 Å². The van der Waals surface area contributed by atoms with Crippen molar-refractivity contribution in [2.75, 3.05) is 11.9 Å². The van der Waals surface area contributed by atoms with Gasteiger partial charge in [-0.3, -0.25) is 4.79 Å². The van der Waals surface area contributed by atoms with Crippen LogP contribution in [-0.4, -0.2) is 28.5 Å². The van der Waals surface area contributed by atoms with Crippen LogP contribution in [0.4, 0.5) is 5.95 Å². The molecule has 0 aliphatic heterocycles. The summed E-state index contributed by atoms with van der Waals surface area (Å²) >= 11 is 5.98. The predicted octanol–water partition coefficient (Wildman–Crippen LogP) is 3.46. The molecular weight excluding hydrogens is 324 g/mol. The Morgan fingerprint density at radius 2 is 2.08 bits per heavy atom. The van der Waals surface area contributed by atoms with Gasteiger partial charge in [-0.2, -0.15) is 0 Å². The van der Waals surface area contributed by atoms with Crippen LogP contribution < -0.4 is 10.6 Å². The van der Waals surface area contributed by atoms with Crippen molar-refractivity contribution >= 4 is 23.5 Å². The van der Waals surface area contributed by atoms with Crippen molar-refractivity contribution in [3.8, 4) is 0 Å². The molecule has 1 aromatic heterocycles. The molecule has 1 fully saturated rings. The second kappa shape index (κ2) is 8.11. The molecule has 2 N–H and O–H groups in total. The lowest BCUT2D eigenvalue weighted by Crippen LogP contribution is -2.33. The molecule has 6 heteroatoms. The molecule has 1 aliphatic carbocycles. The van der Waals surface area contributed by atoms with Gasteiger partial charge in [-0.1, -0.05) is 36.6 Å². The summed E-state index contributed by atoms with van der Waals surface area (Å²) in [6.45, 7) is 0.675. The van der Waals surface area contributed by atoms with Crippen LogP contribution in [0.15, 0.2) is 36.5 Å². The van der Waals surface area contributed by atoms with Gasteiger partial charge in [0.05, 0.1) is 0 Å². The van der Waals surface area contributed by atoms with E-state index in [1.165, 1.54) is 12.8 Å². The van der Waals surface area contributed by atoms with Crippen LogP contribution in [-0.2, 0) is 6.42 Å². The molecule has 0 unspecified atom stereocenters. The van der Waals surface area contributed by atoms with E-state index in [0.29, 0.717) is 18.2 Å². The van der Waals surface area contributed by atoms with Crippen LogP contribution >= 0.6 is 11.6 Å². The number of halogens is 1. The summed E-state index contributed by atoms with van der Waals surface area (Å²) < 4.78 is 0. The highest BCUT2D eigenvalue weighted by Crippen LogP contribution is 2.18. The Bertz CT molecular complexity index is 701. The van der Waals surface area contributed by atoms with E-state index >= 15 is 0 Å². The molecule has 2 aromatic rings. The number of carbonyl (C=O) groups excluding carboxylic acids is 1. The third kappa shape index (κ3) is 4.68. The van der Waals surface area contributed by atoms with Gasteiger partial charge in [-0.15, -0.1) is 0 Å². The maximum Gasteiger partial charge on any atom is 0.270 e. The predicted molar refractivity (Wildman–Crippen MR) is 95.4 cm³/mol. The minimum Gasteiger partial charge on any atom is -0.354 e. The summed E-state index contributed by atoms with van der Waals surface area (Å²) in [6.07, 6.45) is 6.90. The molecule has 1 saturated carbocycles. The minimum atomic E-state index is -0.123. The van der Waals surface area contributed by atoms with E-state index < -0.39 is 0 Å². The fourth-order valence-electron chi connectivity index (χ4n) is 2.91. The van der Waals surface area contributed by atoms with Gasteiger partial charge in [0.2, 0.25) is 5.95 Å². The highest BCUT2D eigenvalue weighted by Gasteiger charge is 2.18. The van der Waals surface area contributed by atoms with Crippen molar-refractivity contribution in [1.82, 2.24) is 15.3 Å². The first-order valence-electron chi connectivity index (χ1n) is 8.33. The van der Waals surface area contributed by atoms with E-state index in [-0.39, 0.29) is 11.9 Å². The van der Waals surface area contributed by atoms with Crippen LogP contribution in [0, 0.1) is 0 Å². The van der Waals surface area contributed by atoms with Gasteiger partial charge in [0.25, 0.3) is 5.91 Å². The van der Waals surface area contributed by atoms with Gasteiger partial charge in [-0.05, 0) is 43.0 Å². The van der Waals surface area contributed by atoms with Crippen LogP contribution in [0.1, 0.15) is 41.7 Å². The molecule has 1 aromatic carbocycles. The van der Waals surface area contributed by atoms with Gasteiger partial charge in [0.15, 0.2) is 0 Å².